The van der Waals surface area contributed by atoms with Gasteiger partial charge in [-0.25, -0.2) is 4.98 Å². The summed E-state index contributed by atoms with van der Waals surface area (Å²) < 4.78 is 0. The molecule has 1 unspecified atom stereocenters. The summed E-state index contributed by atoms with van der Waals surface area (Å²) >= 11 is 0. The quantitative estimate of drug-likeness (QED) is 0.733. The van der Waals surface area contributed by atoms with Crippen LogP contribution in [0.5, 0.6) is 0 Å². The molecule has 4 heteroatoms. The van der Waals surface area contributed by atoms with Gasteiger partial charge in [-0.3, -0.25) is 4.99 Å². The first-order valence-corrected chi connectivity index (χ1v) is 4.82. The average molecular weight is 198 g/mol. The van der Waals surface area contributed by atoms with Gasteiger partial charge in [0.05, 0.1) is 11.0 Å². The fourth-order valence-corrected chi connectivity index (χ4v) is 1.62. The molecule has 2 N–H and O–H groups in total. The standard InChI is InChI=1S/C11H10N4/c1-2-5-9-8(4-1)14-11(15-9)10-12-6-3-7-13-10/h1-7,10,12H,(H,14,15). The van der Waals surface area contributed by atoms with Crippen molar-refractivity contribution in [2.75, 3.05) is 0 Å². The summed E-state index contributed by atoms with van der Waals surface area (Å²) in [6.07, 6.45) is 5.40. The SMILES string of the molecule is C1=CNC(c2nc3ccccc3[nH]2)N=C1. The van der Waals surface area contributed by atoms with Crippen LogP contribution in [0.25, 0.3) is 11.0 Å². The van der Waals surface area contributed by atoms with Crippen LogP contribution in [0, 0.1) is 0 Å². The van der Waals surface area contributed by atoms with Crippen molar-refractivity contribution in [1.29, 1.82) is 0 Å². The summed E-state index contributed by atoms with van der Waals surface area (Å²) in [5.41, 5.74) is 2.01. The largest absolute Gasteiger partial charge is 0.364 e. The number of H-pyrrole nitrogens is 1. The monoisotopic (exact) mass is 198 g/mol. The topological polar surface area (TPSA) is 53.1 Å². The van der Waals surface area contributed by atoms with Gasteiger partial charge in [-0.1, -0.05) is 12.1 Å². The van der Waals surface area contributed by atoms with E-state index in [0.717, 1.165) is 16.9 Å². The Morgan fingerprint density at radius 3 is 2.93 bits per heavy atom. The van der Waals surface area contributed by atoms with Crippen molar-refractivity contribution in [3.63, 3.8) is 0 Å². The maximum Gasteiger partial charge on any atom is 0.177 e. The Labute approximate surface area is 86.8 Å². The lowest BCUT2D eigenvalue weighted by molar-refractivity contribution is 0.619. The van der Waals surface area contributed by atoms with Crippen LogP contribution in [0.2, 0.25) is 0 Å². The number of rotatable bonds is 1. The number of hydrogen-bond acceptors (Lipinski definition) is 3. The van der Waals surface area contributed by atoms with Crippen LogP contribution in [0.15, 0.2) is 41.5 Å². The van der Waals surface area contributed by atoms with E-state index in [9.17, 15) is 0 Å². The minimum Gasteiger partial charge on any atom is -0.364 e. The first kappa shape index (κ1) is 8.23. The number of hydrogen-bond donors (Lipinski definition) is 2. The second-order valence-electron chi connectivity index (χ2n) is 3.37. The maximum absolute atomic E-state index is 4.47. The van der Waals surface area contributed by atoms with Gasteiger partial charge in [0.1, 0.15) is 0 Å². The number of nitrogens with one attached hydrogen (secondary N) is 2. The predicted molar refractivity (Wildman–Crippen MR) is 59.6 cm³/mol. The molecule has 0 fully saturated rings. The molecule has 1 atom stereocenters. The lowest BCUT2D eigenvalue weighted by Crippen LogP contribution is -2.17. The fraction of sp³-hybridized carbons (Fsp3) is 0.0909. The molecule has 2 heterocycles. The van der Waals surface area contributed by atoms with Gasteiger partial charge in [0.25, 0.3) is 0 Å². The zero-order valence-electron chi connectivity index (χ0n) is 8.01. The number of benzene rings is 1. The normalized spacial score (nSPS) is 19.3. The van der Waals surface area contributed by atoms with Gasteiger partial charge in [-0.2, -0.15) is 0 Å². The Morgan fingerprint density at radius 2 is 2.13 bits per heavy atom. The van der Waals surface area contributed by atoms with Gasteiger partial charge in [0.15, 0.2) is 12.0 Å². The number of aliphatic imine (C=N–C) groups is 1. The Hall–Kier alpha value is -2.10. The van der Waals surface area contributed by atoms with Gasteiger partial charge in [-0.05, 0) is 18.2 Å². The Balaban J connectivity index is 2.04. The number of fused-ring (bicyclic) bond motifs is 1. The van der Waals surface area contributed by atoms with Gasteiger partial charge in [0, 0.05) is 12.4 Å². The van der Waals surface area contributed by atoms with E-state index in [-0.39, 0.29) is 6.17 Å². The van der Waals surface area contributed by atoms with E-state index in [1.165, 1.54) is 0 Å². The van der Waals surface area contributed by atoms with E-state index < -0.39 is 0 Å². The summed E-state index contributed by atoms with van der Waals surface area (Å²) in [6, 6.07) is 7.96. The molecule has 4 nitrogen and oxygen atoms in total. The Kier molecular flexibility index (Phi) is 1.78. The number of nitrogens with zero attached hydrogens (tertiary/aromatic N) is 2. The van der Waals surface area contributed by atoms with Crippen LogP contribution >= 0.6 is 0 Å². The third-order valence-electron chi connectivity index (χ3n) is 2.34. The molecule has 74 valence electrons. The van der Waals surface area contributed by atoms with Gasteiger partial charge in [0.2, 0.25) is 0 Å². The van der Waals surface area contributed by atoms with Crippen LogP contribution in [0.4, 0.5) is 0 Å². The zero-order valence-corrected chi connectivity index (χ0v) is 8.01. The lowest BCUT2D eigenvalue weighted by Gasteiger charge is -2.11. The van der Waals surface area contributed by atoms with E-state index in [0.29, 0.717) is 0 Å². The molecule has 0 bridgehead atoms. The van der Waals surface area contributed by atoms with E-state index in [4.69, 9.17) is 0 Å². The Morgan fingerprint density at radius 1 is 1.20 bits per heavy atom. The highest BCUT2D eigenvalue weighted by molar-refractivity contribution is 5.75. The molecule has 1 aromatic carbocycles. The van der Waals surface area contributed by atoms with E-state index in [1.54, 1.807) is 6.21 Å². The molecule has 1 aliphatic rings. The van der Waals surface area contributed by atoms with Gasteiger partial charge < -0.3 is 10.3 Å². The molecule has 1 aliphatic heterocycles. The maximum atomic E-state index is 4.47. The van der Waals surface area contributed by atoms with Crippen LogP contribution in [0.1, 0.15) is 12.0 Å². The predicted octanol–water partition coefficient (Wildman–Crippen LogP) is 1.75. The van der Waals surface area contributed by atoms with E-state index >= 15 is 0 Å². The van der Waals surface area contributed by atoms with Crippen LogP contribution < -0.4 is 5.32 Å². The highest BCUT2D eigenvalue weighted by Gasteiger charge is 2.12. The zero-order chi connectivity index (χ0) is 10.1. The summed E-state index contributed by atoms with van der Waals surface area (Å²) in [5.74, 6) is 0.844. The van der Waals surface area contributed by atoms with Gasteiger partial charge in [-0.15, -0.1) is 0 Å². The molecular formula is C11H10N4. The molecule has 15 heavy (non-hydrogen) atoms. The van der Waals surface area contributed by atoms with Crippen molar-refractivity contribution < 1.29 is 0 Å². The van der Waals surface area contributed by atoms with Crippen molar-refractivity contribution >= 4 is 17.2 Å². The molecule has 3 rings (SSSR count). The van der Waals surface area contributed by atoms with E-state index in [1.807, 2.05) is 36.5 Å². The molecule has 0 amide bonds. The van der Waals surface area contributed by atoms with Crippen molar-refractivity contribution in [1.82, 2.24) is 15.3 Å². The summed E-state index contributed by atoms with van der Waals surface area (Å²) in [7, 11) is 0. The molecule has 1 aromatic heterocycles. The second kappa shape index (κ2) is 3.24. The molecule has 0 radical (unpaired) electrons. The highest BCUT2D eigenvalue weighted by Crippen LogP contribution is 2.17. The minimum atomic E-state index is -0.0950. The third-order valence-corrected chi connectivity index (χ3v) is 2.34. The van der Waals surface area contributed by atoms with Crippen LogP contribution in [-0.2, 0) is 0 Å². The number of imidazole rings is 1. The first-order chi connectivity index (χ1) is 7.43. The summed E-state index contributed by atoms with van der Waals surface area (Å²) in [5, 5.41) is 3.12. The highest BCUT2D eigenvalue weighted by atomic mass is 15.1. The molecule has 0 aliphatic carbocycles. The fourth-order valence-electron chi connectivity index (χ4n) is 1.62. The van der Waals surface area contributed by atoms with E-state index in [2.05, 4.69) is 20.3 Å². The molecule has 0 spiro atoms. The van der Waals surface area contributed by atoms with Gasteiger partial charge >= 0.3 is 0 Å². The number of para-hydroxylation sites is 2. The van der Waals surface area contributed by atoms with Crippen molar-refractivity contribution in [2.45, 2.75) is 6.17 Å². The number of allylic oxidation sites excluding steroid dienone is 1. The molecule has 0 saturated heterocycles. The van der Waals surface area contributed by atoms with Crippen LogP contribution in [-0.4, -0.2) is 16.2 Å². The number of aromatic amines is 1. The third kappa shape index (κ3) is 1.40. The van der Waals surface area contributed by atoms with Crippen LogP contribution in [0.3, 0.4) is 0 Å². The molecular weight excluding hydrogens is 188 g/mol. The van der Waals surface area contributed by atoms with Crippen molar-refractivity contribution in [3.8, 4) is 0 Å². The van der Waals surface area contributed by atoms with Crippen molar-refractivity contribution in [2.24, 2.45) is 4.99 Å². The summed E-state index contributed by atoms with van der Waals surface area (Å²) in [6.45, 7) is 0. The Bertz CT molecular complexity index is 505. The second-order valence-corrected chi connectivity index (χ2v) is 3.37. The van der Waals surface area contributed by atoms with Crippen molar-refractivity contribution in [3.05, 3.63) is 42.4 Å². The lowest BCUT2D eigenvalue weighted by atomic mass is 10.3. The smallest absolute Gasteiger partial charge is 0.177 e. The first-order valence-electron chi connectivity index (χ1n) is 4.82. The minimum absolute atomic E-state index is 0.0950. The average Bonchev–Trinajstić information content (AvgIpc) is 2.74. The number of aromatic nitrogens is 2. The molecule has 0 saturated carbocycles. The summed E-state index contributed by atoms with van der Waals surface area (Å²) in [4.78, 5) is 12.0. The molecule has 2 aromatic rings.